The number of carbonyl (C=O) groups is 2. The number of likely N-dealkylation sites (N-methyl/N-ethyl adjacent to an activating group) is 1. The second-order valence-electron chi connectivity index (χ2n) is 20.8. The molecule has 0 saturated heterocycles. The Hall–Kier alpha value is -6.30. The molecular formula is C57H73F6N9O2. The van der Waals surface area contributed by atoms with Crippen LogP contribution in [0, 0.1) is 40.0 Å². The van der Waals surface area contributed by atoms with Crippen molar-refractivity contribution in [3.63, 3.8) is 0 Å². The normalized spacial score (nSPS) is 13.4. The molecule has 2 aromatic heterocycles. The highest BCUT2D eigenvalue weighted by atomic mass is 19.1. The minimum absolute atomic E-state index is 0.0354. The summed E-state index contributed by atoms with van der Waals surface area (Å²) in [6.07, 6.45) is 4.79. The van der Waals surface area contributed by atoms with Crippen molar-refractivity contribution in [1.82, 2.24) is 34.2 Å². The monoisotopic (exact) mass is 1030 g/mol. The van der Waals surface area contributed by atoms with Gasteiger partial charge in [0.25, 0.3) is 0 Å². The molecule has 2 amide bonds. The number of alkyl halides is 2. The molecule has 0 unspecified atom stereocenters. The van der Waals surface area contributed by atoms with Gasteiger partial charge in [-0.05, 0) is 84.2 Å². The lowest BCUT2D eigenvalue weighted by Crippen LogP contribution is -2.47. The molecule has 0 saturated carbocycles. The van der Waals surface area contributed by atoms with E-state index in [1.54, 1.807) is 29.2 Å². The highest BCUT2D eigenvalue weighted by Crippen LogP contribution is 2.41. The molecule has 0 bridgehead atoms. The van der Waals surface area contributed by atoms with Gasteiger partial charge in [0.15, 0.2) is 0 Å². The number of benzene rings is 4. The van der Waals surface area contributed by atoms with Gasteiger partial charge in [0, 0.05) is 55.7 Å². The van der Waals surface area contributed by atoms with E-state index < -0.39 is 65.6 Å². The molecule has 0 radical (unpaired) electrons. The van der Waals surface area contributed by atoms with Crippen molar-refractivity contribution in [2.75, 3.05) is 46.6 Å². The predicted octanol–water partition coefficient (Wildman–Crippen LogP) is 10.8. The number of rotatable bonds is 22. The lowest BCUT2D eigenvalue weighted by Gasteiger charge is -2.40. The Labute approximate surface area is 432 Å². The minimum Gasteiger partial charge on any atom is -0.331 e. The van der Waals surface area contributed by atoms with E-state index in [1.807, 2.05) is 118 Å². The van der Waals surface area contributed by atoms with E-state index >= 15 is 0 Å². The Kier molecular flexibility index (Phi) is 21.2. The second-order valence-corrected chi connectivity index (χ2v) is 20.8. The van der Waals surface area contributed by atoms with Crippen molar-refractivity contribution < 1.29 is 35.9 Å². The van der Waals surface area contributed by atoms with Gasteiger partial charge in [-0.15, -0.1) is 0 Å². The molecule has 2 heterocycles. The molecule has 5 N–H and O–H groups in total. The number of nitrogens with one attached hydrogen (secondary N) is 1. The largest absolute Gasteiger partial charge is 0.331 e. The summed E-state index contributed by atoms with van der Waals surface area (Å²) in [5.74, 6) is -1.92. The van der Waals surface area contributed by atoms with Crippen molar-refractivity contribution in [1.29, 1.82) is 0 Å². The number of hydrogen-bond acceptors (Lipinski definition) is 7. The Morgan fingerprint density at radius 2 is 1.08 bits per heavy atom. The van der Waals surface area contributed by atoms with Crippen LogP contribution in [-0.4, -0.2) is 93.3 Å². The van der Waals surface area contributed by atoms with Crippen LogP contribution in [0.5, 0.6) is 0 Å². The van der Waals surface area contributed by atoms with Crippen LogP contribution in [0.25, 0.3) is 22.5 Å². The molecule has 74 heavy (non-hydrogen) atoms. The van der Waals surface area contributed by atoms with Crippen molar-refractivity contribution in [3.05, 3.63) is 156 Å². The quantitative estimate of drug-likeness (QED) is 0.0575. The van der Waals surface area contributed by atoms with Gasteiger partial charge in [-0.1, -0.05) is 116 Å². The summed E-state index contributed by atoms with van der Waals surface area (Å²) in [5, 5.41) is 2.89. The van der Waals surface area contributed by atoms with Crippen LogP contribution in [0.2, 0.25) is 0 Å². The highest BCUT2D eigenvalue weighted by molar-refractivity contribution is 5.79. The molecule has 0 aliphatic rings. The van der Waals surface area contributed by atoms with Crippen molar-refractivity contribution in [2.45, 2.75) is 98.9 Å². The SMILES string of the molecule is CC[C@H](CF)CCN(C(=O)CN)[C@@H](c1nc(-c2cc(F)ccc2F)cn1Cc1ccccc1)C(C)(C)C.CNCC(=O)N(CC[C@H](N)CF)[C@@H](c1nc(-c2cc(F)ccc2F)cn1Cc1ccccc1)C(C)(C)C. The van der Waals surface area contributed by atoms with E-state index in [4.69, 9.17) is 21.4 Å². The maximum Gasteiger partial charge on any atom is 0.237 e. The summed E-state index contributed by atoms with van der Waals surface area (Å²) in [6, 6.07) is 24.1. The average molecular weight is 1030 g/mol. The van der Waals surface area contributed by atoms with Crippen LogP contribution < -0.4 is 16.8 Å². The van der Waals surface area contributed by atoms with Gasteiger partial charge in [0.1, 0.15) is 41.6 Å². The molecule has 0 aliphatic carbocycles. The number of nitrogens with zero attached hydrogens (tertiary/aromatic N) is 6. The first-order chi connectivity index (χ1) is 35.1. The number of amides is 2. The summed E-state index contributed by atoms with van der Waals surface area (Å²) in [5.41, 5.74) is 13.2. The molecule has 11 nitrogen and oxygen atoms in total. The van der Waals surface area contributed by atoms with Gasteiger partial charge in [0.05, 0.1) is 43.2 Å². The van der Waals surface area contributed by atoms with Gasteiger partial charge < -0.3 is 35.7 Å². The molecule has 0 spiro atoms. The number of carbonyl (C=O) groups excluding carboxylic acids is 2. The van der Waals surface area contributed by atoms with Gasteiger partial charge in [-0.2, -0.15) is 0 Å². The molecule has 6 aromatic rings. The fourth-order valence-corrected chi connectivity index (χ4v) is 9.01. The van der Waals surface area contributed by atoms with Gasteiger partial charge in [0.2, 0.25) is 11.8 Å². The average Bonchev–Trinajstić information content (AvgIpc) is 3.96. The summed E-state index contributed by atoms with van der Waals surface area (Å²) >= 11 is 0. The minimum atomic E-state index is -0.702. The zero-order chi connectivity index (χ0) is 54.3. The summed E-state index contributed by atoms with van der Waals surface area (Å²) < 4.78 is 88.1. The molecular weight excluding hydrogens is 957 g/mol. The molecule has 0 fully saturated rings. The van der Waals surface area contributed by atoms with Crippen molar-refractivity contribution in [2.24, 2.45) is 28.2 Å². The predicted molar refractivity (Wildman–Crippen MR) is 280 cm³/mol. The zero-order valence-electron chi connectivity index (χ0n) is 43.9. The third-order valence-electron chi connectivity index (χ3n) is 12.8. The first-order valence-corrected chi connectivity index (χ1v) is 25.1. The molecule has 4 atom stereocenters. The number of nitrogens with two attached hydrogens (primary N) is 2. The Balaban J connectivity index is 0.000000274. The topological polar surface area (TPSA) is 140 Å². The number of imidazole rings is 2. The molecule has 400 valence electrons. The van der Waals surface area contributed by atoms with E-state index in [0.717, 1.165) is 47.5 Å². The fraction of sp³-hybridized carbons (Fsp3) is 0.439. The first-order valence-electron chi connectivity index (χ1n) is 25.1. The van der Waals surface area contributed by atoms with Crippen LogP contribution in [0.4, 0.5) is 26.3 Å². The fourth-order valence-electron chi connectivity index (χ4n) is 9.01. The molecule has 0 aliphatic heterocycles. The molecule has 6 rings (SSSR count). The van der Waals surface area contributed by atoms with Crippen LogP contribution in [0.15, 0.2) is 109 Å². The van der Waals surface area contributed by atoms with Crippen LogP contribution in [0.1, 0.15) is 103 Å². The van der Waals surface area contributed by atoms with E-state index in [9.17, 15) is 35.9 Å². The Morgan fingerprint density at radius 3 is 1.46 bits per heavy atom. The lowest BCUT2D eigenvalue weighted by molar-refractivity contribution is -0.136. The number of aromatic nitrogens is 4. The highest BCUT2D eigenvalue weighted by Gasteiger charge is 2.40. The maximum atomic E-state index is 14.8. The Bertz CT molecular complexity index is 2720. The smallest absolute Gasteiger partial charge is 0.237 e. The third-order valence-corrected chi connectivity index (χ3v) is 12.8. The zero-order valence-corrected chi connectivity index (χ0v) is 43.9. The Morgan fingerprint density at radius 1 is 0.649 bits per heavy atom. The van der Waals surface area contributed by atoms with E-state index in [1.165, 1.54) is 0 Å². The van der Waals surface area contributed by atoms with Crippen molar-refractivity contribution in [3.8, 4) is 22.5 Å². The lowest BCUT2D eigenvalue weighted by atomic mass is 9.84. The first kappa shape index (κ1) is 58.6. The van der Waals surface area contributed by atoms with E-state index in [0.29, 0.717) is 44.1 Å². The standard InChI is InChI=1S/C29H37F3N4O.C28H36F3N5O/c1-5-20(16-30)13-14-36(26(37)17-33)27(29(2,3)4)28-34-25(23-15-22(31)11-12-24(23)32)19-35(28)18-21-9-7-6-8-10-21;1-28(2,3)26(36(25(37)16-33-4)13-12-21(32)15-29)27-34-24(22-14-20(30)10-11-23(22)31)18-35(27)17-19-8-6-5-7-9-19/h6-12,15,19-20,27H,5,13-14,16-18,33H2,1-4H3;5-11,14,18,21,26,33H,12-13,15-17,32H2,1-4H3/t20-,27-;21-,26-/m00/s1. The second kappa shape index (κ2) is 26.8. The van der Waals surface area contributed by atoms with Crippen LogP contribution in [0.3, 0.4) is 0 Å². The molecule has 4 aromatic carbocycles. The molecule has 17 heteroatoms. The number of halogens is 6. The van der Waals surface area contributed by atoms with Gasteiger partial charge in [-0.3, -0.25) is 14.0 Å². The van der Waals surface area contributed by atoms with E-state index in [-0.39, 0.29) is 66.3 Å². The van der Waals surface area contributed by atoms with Crippen LogP contribution in [-0.2, 0) is 22.7 Å². The maximum absolute atomic E-state index is 14.8. The summed E-state index contributed by atoms with van der Waals surface area (Å²) in [7, 11) is 1.68. The summed E-state index contributed by atoms with van der Waals surface area (Å²) in [6.45, 7) is 13.9. The van der Waals surface area contributed by atoms with Gasteiger partial charge in [-0.25, -0.2) is 31.9 Å². The van der Waals surface area contributed by atoms with Crippen molar-refractivity contribution >= 4 is 11.8 Å². The van der Waals surface area contributed by atoms with Crippen LogP contribution >= 0.6 is 0 Å². The third kappa shape index (κ3) is 15.6. The summed E-state index contributed by atoms with van der Waals surface area (Å²) in [4.78, 5) is 39.4. The van der Waals surface area contributed by atoms with E-state index in [2.05, 4.69) is 5.32 Å². The van der Waals surface area contributed by atoms with Gasteiger partial charge >= 0.3 is 0 Å². The number of hydrogen-bond donors (Lipinski definition) is 3.